The summed E-state index contributed by atoms with van der Waals surface area (Å²) in [6, 6.07) is 15.8. The first kappa shape index (κ1) is 14.4. The van der Waals surface area contributed by atoms with E-state index in [-0.39, 0.29) is 5.91 Å². The second-order valence-electron chi connectivity index (χ2n) is 5.50. The Kier molecular flexibility index (Phi) is 4.24. The molecule has 0 atom stereocenters. The van der Waals surface area contributed by atoms with Crippen LogP contribution in [0.3, 0.4) is 0 Å². The van der Waals surface area contributed by atoms with Gasteiger partial charge in [-0.1, -0.05) is 43.7 Å². The number of H-pyrrole nitrogens is 1. The van der Waals surface area contributed by atoms with Gasteiger partial charge in [-0.25, -0.2) is 0 Å². The molecule has 0 aliphatic rings. The first-order valence-electron chi connectivity index (χ1n) is 7.74. The van der Waals surface area contributed by atoms with Gasteiger partial charge in [-0.05, 0) is 36.6 Å². The fraction of sp³-hybridized carbons (Fsp3) is 0.211. The van der Waals surface area contributed by atoms with E-state index in [2.05, 4.69) is 17.2 Å². The fourth-order valence-electron chi connectivity index (χ4n) is 2.57. The van der Waals surface area contributed by atoms with Crippen molar-refractivity contribution in [2.45, 2.75) is 26.2 Å². The van der Waals surface area contributed by atoms with Crippen molar-refractivity contribution in [3.8, 4) is 0 Å². The summed E-state index contributed by atoms with van der Waals surface area (Å²) in [5.41, 5.74) is 3.80. The lowest BCUT2D eigenvalue weighted by atomic mass is 10.1. The molecular formula is C19H20N2O. The molecule has 0 unspecified atom stereocenters. The van der Waals surface area contributed by atoms with Gasteiger partial charge in [0.25, 0.3) is 5.91 Å². The van der Waals surface area contributed by atoms with E-state index < -0.39 is 0 Å². The van der Waals surface area contributed by atoms with Crippen molar-refractivity contribution < 1.29 is 4.79 Å². The molecule has 0 spiro atoms. The van der Waals surface area contributed by atoms with Crippen LogP contribution in [0.1, 0.15) is 35.7 Å². The lowest BCUT2D eigenvalue weighted by molar-refractivity contribution is 0.102. The summed E-state index contributed by atoms with van der Waals surface area (Å²) in [5.74, 6) is -0.0770. The van der Waals surface area contributed by atoms with E-state index in [1.165, 1.54) is 18.4 Å². The van der Waals surface area contributed by atoms with E-state index in [0.717, 1.165) is 23.0 Å². The van der Waals surface area contributed by atoms with E-state index in [1.807, 2.05) is 54.7 Å². The Balaban J connectivity index is 1.74. The molecule has 0 saturated carbocycles. The topological polar surface area (TPSA) is 44.9 Å². The van der Waals surface area contributed by atoms with Crippen LogP contribution in [-0.4, -0.2) is 10.9 Å². The van der Waals surface area contributed by atoms with Crippen LogP contribution in [0.25, 0.3) is 10.9 Å². The van der Waals surface area contributed by atoms with Crippen molar-refractivity contribution >= 4 is 22.5 Å². The predicted octanol–water partition coefficient (Wildman–Crippen LogP) is 4.76. The normalized spacial score (nSPS) is 10.8. The summed E-state index contributed by atoms with van der Waals surface area (Å²) < 4.78 is 0. The number of nitrogens with one attached hydrogen (secondary N) is 2. The molecule has 3 heteroatoms. The summed E-state index contributed by atoms with van der Waals surface area (Å²) >= 11 is 0. The maximum Gasteiger partial charge on any atom is 0.255 e. The van der Waals surface area contributed by atoms with Gasteiger partial charge < -0.3 is 10.3 Å². The van der Waals surface area contributed by atoms with E-state index in [1.54, 1.807) is 0 Å². The van der Waals surface area contributed by atoms with Crippen molar-refractivity contribution in [3.05, 3.63) is 65.9 Å². The molecule has 1 heterocycles. The molecule has 1 aromatic heterocycles. The maximum atomic E-state index is 12.4. The highest BCUT2D eigenvalue weighted by molar-refractivity contribution is 6.08. The fourth-order valence-corrected chi connectivity index (χ4v) is 2.57. The van der Waals surface area contributed by atoms with Crippen LogP contribution in [-0.2, 0) is 6.42 Å². The number of anilines is 1. The highest BCUT2D eigenvalue weighted by Crippen LogP contribution is 2.23. The Morgan fingerprint density at radius 3 is 2.64 bits per heavy atom. The van der Waals surface area contributed by atoms with Gasteiger partial charge in [0.2, 0.25) is 0 Å². The minimum absolute atomic E-state index is 0.0770. The zero-order valence-electron chi connectivity index (χ0n) is 12.7. The van der Waals surface area contributed by atoms with Crippen LogP contribution < -0.4 is 5.32 Å². The number of amides is 1. The molecule has 3 rings (SSSR count). The Bertz CT molecular complexity index is 771. The average Bonchev–Trinajstić information content (AvgIpc) is 2.96. The number of unbranched alkanes of at least 4 members (excludes halogenated alkanes) is 1. The van der Waals surface area contributed by atoms with E-state index >= 15 is 0 Å². The Hall–Kier alpha value is -2.55. The van der Waals surface area contributed by atoms with E-state index in [9.17, 15) is 4.79 Å². The van der Waals surface area contributed by atoms with Gasteiger partial charge in [-0.3, -0.25) is 4.79 Å². The van der Waals surface area contributed by atoms with Crippen LogP contribution in [0.2, 0.25) is 0 Å². The van der Waals surface area contributed by atoms with Gasteiger partial charge >= 0.3 is 0 Å². The molecule has 2 aromatic carbocycles. The van der Waals surface area contributed by atoms with Crippen molar-refractivity contribution in [1.29, 1.82) is 0 Å². The molecule has 112 valence electrons. The number of benzene rings is 2. The summed E-state index contributed by atoms with van der Waals surface area (Å²) in [7, 11) is 0. The van der Waals surface area contributed by atoms with Gasteiger partial charge in [0.05, 0.1) is 5.69 Å². The standard InChI is InChI=1S/C19H20N2O/c1-2-3-6-14-9-11-15(12-10-14)19(22)21-18-13-20-17-8-5-4-7-16(17)18/h4-5,7-13,20H,2-3,6H2,1H3,(H,21,22). The van der Waals surface area contributed by atoms with Crippen LogP contribution in [0.5, 0.6) is 0 Å². The first-order valence-corrected chi connectivity index (χ1v) is 7.74. The highest BCUT2D eigenvalue weighted by Gasteiger charge is 2.09. The second kappa shape index (κ2) is 6.48. The summed E-state index contributed by atoms with van der Waals surface area (Å²) in [6.45, 7) is 2.18. The Labute approximate surface area is 130 Å². The van der Waals surface area contributed by atoms with Crippen LogP contribution >= 0.6 is 0 Å². The van der Waals surface area contributed by atoms with Crippen molar-refractivity contribution in [2.75, 3.05) is 5.32 Å². The SMILES string of the molecule is CCCCc1ccc(C(=O)Nc2c[nH]c3ccccc23)cc1. The number of hydrogen-bond donors (Lipinski definition) is 2. The highest BCUT2D eigenvalue weighted by atomic mass is 16.1. The Morgan fingerprint density at radius 1 is 1.09 bits per heavy atom. The van der Waals surface area contributed by atoms with Crippen molar-refractivity contribution in [1.82, 2.24) is 4.98 Å². The average molecular weight is 292 g/mol. The molecule has 0 aliphatic heterocycles. The molecule has 1 amide bonds. The summed E-state index contributed by atoms with van der Waals surface area (Å²) in [4.78, 5) is 15.5. The van der Waals surface area contributed by atoms with Crippen molar-refractivity contribution in [3.63, 3.8) is 0 Å². The van der Waals surface area contributed by atoms with Crippen molar-refractivity contribution in [2.24, 2.45) is 0 Å². The third-order valence-corrected chi connectivity index (χ3v) is 3.87. The molecule has 3 nitrogen and oxygen atoms in total. The number of para-hydroxylation sites is 1. The molecule has 3 aromatic rings. The predicted molar refractivity (Wildman–Crippen MR) is 91.3 cm³/mol. The van der Waals surface area contributed by atoms with E-state index in [0.29, 0.717) is 5.56 Å². The number of hydrogen-bond acceptors (Lipinski definition) is 1. The third kappa shape index (κ3) is 3.03. The Morgan fingerprint density at radius 2 is 1.86 bits per heavy atom. The van der Waals surface area contributed by atoms with Gasteiger partial charge in [0.15, 0.2) is 0 Å². The lowest BCUT2D eigenvalue weighted by Crippen LogP contribution is -2.11. The monoisotopic (exact) mass is 292 g/mol. The number of rotatable bonds is 5. The summed E-state index contributed by atoms with van der Waals surface area (Å²) in [5, 5.41) is 4.00. The van der Waals surface area contributed by atoms with E-state index in [4.69, 9.17) is 0 Å². The first-order chi connectivity index (χ1) is 10.8. The second-order valence-corrected chi connectivity index (χ2v) is 5.50. The van der Waals surface area contributed by atoms with Crippen LogP contribution in [0.15, 0.2) is 54.7 Å². The molecular weight excluding hydrogens is 272 g/mol. The molecule has 0 radical (unpaired) electrons. The maximum absolute atomic E-state index is 12.4. The quantitative estimate of drug-likeness (QED) is 0.699. The van der Waals surface area contributed by atoms with Gasteiger partial charge in [-0.2, -0.15) is 0 Å². The minimum atomic E-state index is -0.0770. The zero-order valence-corrected chi connectivity index (χ0v) is 12.7. The molecule has 2 N–H and O–H groups in total. The zero-order chi connectivity index (χ0) is 15.4. The molecule has 0 fully saturated rings. The third-order valence-electron chi connectivity index (χ3n) is 3.87. The minimum Gasteiger partial charge on any atom is -0.359 e. The van der Waals surface area contributed by atoms with Gasteiger partial charge in [0, 0.05) is 22.7 Å². The number of aryl methyl sites for hydroxylation is 1. The number of carbonyl (C=O) groups is 1. The molecule has 0 aliphatic carbocycles. The number of aromatic nitrogens is 1. The smallest absolute Gasteiger partial charge is 0.255 e. The van der Waals surface area contributed by atoms with Gasteiger partial charge in [-0.15, -0.1) is 0 Å². The summed E-state index contributed by atoms with van der Waals surface area (Å²) in [6.07, 6.45) is 5.27. The molecule has 0 bridgehead atoms. The number of aromatic amines is 1. The largest absolute Gasteiger partial charge is 0.359 e. The van der Waals surface area contributed by atoms with Crippen LogP contribution in [0, 0.1) is 0 Å². The molecule has 0 saturated heterocycles. The van der Waals surface area contributed by atoms with Crippen LogP contribution in [0.4, 0.5) is 5.69 Å². The number of carbonyl (C=O) groups excluding carboxylic acids is 1. The van der Waals surface area contributed by atoms with Gasteiger partial charge in [0.1, 0.15) is 0 Å². The number of fused-ring (bicyclic) bond motifs is 1. The molecule has 22 heavy (non-hydrogen) atoms. The lowest BCUT2D eigenvalue weighted by Gasteiger charge is -2.05.